The molecule has 0 aliphatic heterocycles. The molecule has 6 nitrogen and oxygen atoms in total. The number of carboxylic acid groups (broad SMARTS) is 1. The van der Waals surface area contributed by atoms with Crippen molar-refractivity contribution in [3.05, 3.63) is 12.2 Å². The minimum Gasteiger partial charge on any atom is -0.478 e. The van der Waals surface area contributed by atoms with Crippen molar-refractivity contribution in [2.45, 2.75) is 39.7 Å². The van der Waals surface area contributed by atoms with Crippen molar-refractivity contribution in [3.8, 4) is 0 Å². The summed E-state index contributed by atoms with van der Waals surface area (Å²) in [4.78, 5) is 32.6. The SMILES string of the molecule is CCC(C)CC(C)NC(=O)NC(=O)C=CC(=O)O. The molecule has 102 valence electrons. The number of carbonyl (C=O) groups excluding carboxylic acids is 2. The van der Waals surface area contributed by atoms with Gasteiger partial charge in [-0.05, 0) is 19.3 Å². The van der Waals surface area contributed by atoms with Gasteiger partial charge < -0.3 is 10.4 Å². The second-order valence-corrected chi connectivity index (χ2v) is 4.28. The topological polar surface area (TPSA) is 95.5 Å². The maximum absolute atomic E-state index is 11.4. The molecule has 0 aromatic rings. The van der Waals surface area contributed by atoms with E-state index in [1.165, 1.54) is 0 Å². The number of amides is 3. The van der Waals surface area contributed by atoms with Gasteiger partial charge >= 0.3 is 12.0 Å². The molecular formula is C12H20N2O4. The number of carboxylic acids is 1. The molecule has 6 heteroatoms. The standard InChI is InChI=1S/C12H20N2O4/c1-4-8(2)7-9(3)13-12(18)14-10(15)5-6-11(16)17/h5-6,8-9H,4,7H2,1-3H3,(H,16,17)(H2,13,14,15,18). The summed E-state index contributed by atoms with van der Waals surface area (Å²) in [6.07, 6.45) is 3.31. The van der Waals surface area contributed by atoms with Gasteiger partial charge in [-0.2, -0.15) is 0 Å². The highest BCUT2D eigenvalue weighted by Crippen LogP contribution is 2.08. The van der Waals surface area contributed by atoms with E-state index >= 15 is 0 Å². The molecule has 0 aliphatic rings. The number of hydrogen-bond acceptors (Lipinski definition) is 3. The molecule has 0 heterocycles. The maximum Gasteiger partial charge on any atom is 0.328 e. The van der Waals surface area contributed by atoms with Gasteiger partial charge in [-0.15, -0.1) is 0 Å². The number of hydrogen-bond donors (Lipinski definition) is 3. The van der Waals surface area contributed by atoms with E-state index in [-0.39, 0.29) is 6.04 Å². The van der Waals surface area contributed by atoms with Crippen LogP contribution in [0.3, 0.4) is 0 Å². The minimum absolute atomic E-state index is 0.0452. The molecule has 0 aromatic heterocycles. The Hall–Kier alpha value is -1.85. The van der Waals surface area contributed by atoms with Crippen LogP contribution in [-0.2, 0) is 9.59 Å². The summed E-state index contributed by atoms with van der Waals surface area (Å²) >= 11 is 0. The molecule has 2 unspecified atom stereocenters. The Balaban J connectivity index is 4.03. The number of aliphatic carboxylic acids is 1. The first kappa shape index (κ1) is 16.1. The first-order valence-electron chi connectivity index (χ1n) is 5.87. The Bertz CT molecular complexity index is 339. The molecule has 0 saturated heterocycles. The lowest BCUT2D eigenvalue weighted by atomic mass is 10.0. The predicted octanol–water partition coefficient (Wildman–Crippen LogP) is 1.28. The lowest BCUT2D eigenvalue weighted by molar-refractivity contribution is -0.131. The van der Waals surface area contributed by atoms with Crippen LogP contribution < -0.4 is 10.6 Å². The summed E-state index contributed by atoms with van der Waals surface area (Å²) in [5.74, 6) is -1.51. The van der Waals surface area contributed by atoms with Gasteiger partial charge in [-0.3, -0.25) is 10.1 Å². The predicted molar refractivity (Wildman–Crippen MR) is 67.0 cm³/mol. The first-order valence-corrected chi connectivity index (χ1v) is 5.87. The molecule has 0 fully saturated rings. The van der Waals surface area contributed by atoms with Crippen LogP contribution in [0.5, 0.6) is 0 Å². The monoisotopic (exact) mass is 256 g/mol. The fourth-order valence-corrected chi connectivity index (χ4v) is 1.39. The highest BCUT2D eigenvalue weighted by molar-refractivity contribution is 6.02. The van der Waals surface area contributed by atoms with Gasteiger partial charge in [0.1, 0.15) is 0 Å². The fourth-order valence-electron chi connectivity index (χ4n) is 1.39. The van der Waals surface area contributed by atoms with Gasteiger partial charge in [0, 0.05) is 18.2 Å². The number of carbonyl (C=O) groups is 3. The lowest BCUT2D eigenvalue weighted by Crippen LogP contribution is -2.43. The average molecular weight is 256 g/mol. The molecular weight excluding hydrogens is 236 g/mol. The van der Waals surface area contributed by atoms with E-state index in [4.69, 9.17) is 5.11 Å². The van der Waals surface area contributed by atoms with Gasteiger partial charge in [0.05, 0.1) is 0 Å². The van der Waals surface area contributed by atoms with E-state index in [0.717, 1.165) is 18.9 Å². The summed E-state index contributed by atoms with van der Waals surface area (Å²) in [5, 5.41) is 12.9. The van der Waals surface area contributed by atoms with E-state index in [1.807, 2.05) is 12.2 Å². The Kier molecular flexibility index (Phi) is 7.42. The van der Waals surface area contributed by atoms with E-state index in [9.17, 15) is 14.4 Å². The molecule has 3 N–H and O–H groups in total. The second kappa shape index (κ2) is 8.27. The number of nitrogens with one attached hydrogen (secondary N) is 2. The number of imide groups is 1. The smallest absolute Gasteiger partial charge is 0.328 e. The Morgan fingerprint density at radius 3 is 2.33 bits per heavy atom. The summed E-state index contributed by atoms with van der Waals surface area (Å²) < 4.78 is 0. The molecule has 0 saturated carbocycles. The van der Waals surface area contributed by atoms with Crippen LogP contribution in [0, 0.1) is 5.92 Å². The summed E-state index contributed by atoms with van der Waals surface area (Å²) in [6, 6.07) is -0.665. The number of urea groups is 1. The first-order chi connectivity index (χ1) is 8.35. The molecule has 18 heavy (non-hydrogen) atoms. The maximum atomic E-state index is 11.4. The molecule has 0 aromatic carbocycles. The zero-order chi connectivity index (χ0) is 14.1. The zero-order valence-corrected chi connectivity index (χ0v) is 10.9. The lowest BCUT2D eigenvalue weighted by Gasteiger charge is -2.17. The third-order valence-electron chi connectivity index (χ3n) is 2.44. The highest BCUT2D eigenvalue weighted by atomic mass is 16.4. The average Bonchev–Trinajstić information content (AvgIpc) is 2.25. The van der Waals surface area contributed by atoms with Crippen LogP contribution in [0.15, 0.2) is 12.2 Å². The second-order valence-electron chi connectivity index (χ2n) is 4.28. The Morgan fingerprint density at radius 2 is 1.83 bits per heavy atom. The highest BCUT2D eigenvalue weighted by Gasteiger charge is 2.11. The molecule has 2 atom stereocenters. The van der Waals surface area contributed by atoms with Gasteiger partial charge in [0.25, 0.3) is 5.91 Å². The van der Waals surface area contributed by atoms with Gasteiger partial charge in [0.15, 0.2) is 0 Å². The fraction of sp³-hybridized carbons (Fsp3) is 0.583. The van der Waals surface area contributed by atoms with Gasteiger partial charge in [0.2, 0.25) is 0 Å². The van der Waals surface area contributed by atoms with Crippen molar-refractivity contribution in [2.75, 3.05) is 0 Å². The Morgan fingerprint density at radius 1 is 1.22 bits per heavy atom. The van der Waals surface area contributed by atoms with Crippen LogP contribution in [0.2, 0.25) is 0 Å². The Labute approximate surface area is 106 Å². The normalized spacial score (nSPS) is 13.9. The van der Waals surface area contributed by atoms with E-state index in [0.29, 0.717) is 12.0 Å². The molecule has 0 bridgehead atoms. The van der Waals surface area contributed by atoms with Crippen molar-refractivity contribution in [3.63, 3.8) is 0 Å². The largest absolute Gasteiger partial charge is 0.478 e. The molecule has 3 amide bonds. The third kappa shape index (κ3) is 8.32. The van der Waals surface area contributed by atoms with E-state index in [1.54, 1.807) is 0 Å². The zero-order valence-electron chi connectivity index (χ0n) is 10.9. The van der Waals surface area contributed by atoms with Crippen LogP contribution >= 0.6 is 0 Å². The van der Waals surface area contributed by atoms with Crippen molar-refractivity contribution in [2.24, 2.45) is 5.92 Å². The van der Waals surface area contributed by atoms with Crippen molar-refractivity contribution >= 4 is 17.9 Å². The van der Waals surface area contributed by atoms with Crippen molar-refractivity contribution in [1.29, 1.82) is 0 Å². The van der Waals surface area contributed by atoms with E-state index < -0.39 is 17.9 Å². The van der Waals surface area contributed by atoms with Gasteiger partial charge in [-0.25, -0.2) is 9.59 Å². The third-order valence-corrected chi connectivity index (χ3v) is 2.44. The molecule has 0 radical (unpaired) electrons. The number of rotatable bonds is 6. The molecule has 0 rings (SSSR count). The van der Waals surface area contributed by atoms with Crippen molar-refractivity contribution in [1.82, 2.24) is 10.6 Å². The summed E-state index contributed by atoms with van der Waals surface area (Å²) in [5.41, 5.74) is 0. The molecule has 0 spiro atoms. The minimum atomic E-state index is -1.24. The molecule has 0 aliphatic carbocycles. The van der Waals surface area contributed by atoms with Crippen LogP contribution in [0.25, 0.3) is 0 Å². The summed E-state index contributed by atoms with van der Waals surface area (Å²) in [6.45, 7) is 6.00. The van der Waals surface area contributed by atoms with Crippen LogP contribution in [0.1, 0.15) is 33.6 Å². The van der Waals surface area contributed by atoms with Crippen LogP contribution in [-0.4, -0.2) is 29.1 Å². The van der Waals surface area contributed by atoms with Crippen molar-refractivity contribution < 1.29 is 19.5 Å². The summed E-state index contributed by atoms with van der Waals surface area (Å²) in [7, 11) is 0. The van der Waals surface area contributed by atoms with E-state index in [2.05, 4.69) is 19.2 Å². The quantitative estimate of drug-likeness (QED) is 0.624. The van der Waals surface area contributed by atoms with Crippen LogP contribution in [0.4, 0.5) is 4.79 Å². The van der Waals surface area contributed by atoms with Gasteiger partial charge in [-0.1, -0.05) is 20.3 Å².